The monoisotopic (exact) mass is 358 g/mol. The van der Waals surface area contributed by atoms with Crippen molar-refractivity contribution in [3.05, 3.63) is 70.9 Å². The van der Waals surface area contributed by atoms with E-state index in [0.29, 0.717) is 23.8 Å². The highest BCUT2D eigenvalue weighted by Crippen LogP contribution is 2.30. The molecule has 0 spiro atoms. The number of nitrogens with zero attached hydrogens (tertiary/aromatic N) is 2. The van der Waals surface area contributed by atoms with Crippen LogP contribution in [0.1, 0.15) is 40.0 Å². The Morgan fingerprint density at radius 2 is 1.67 bits per heavy atom. The van der Waals surface area contributed by atoms with E-state index in [-0.39, 0.29) is 5.78 Å². The van der Waals surface area contributed by atoms with Crippen molar-refractivity contribution in [2.45, 2.75) is 33.1 Å². The highest BCUT2D eigenvalue weighted by Gasteiger charge is 2.25. The summed E-state index contributed by atoms with van der Waals surface area (Å²) < 4.78 is 0. The van der Waals surface area contributed by atoms with E-state index in [1.54, 1.807) is 0 Å². The first-order chi connectivity index (χ1) is 13.1. The smallest absolute Gasteiger partial charge is 0.229 e. The number of aryl methyl sites for hydroxylation is 3. The zero-order chi connectivity index (χ0) is 18.8. The van der Waals surface area contributed by atoms with Crippen molar-refractivity contribution in [3.63, 3.8) is 0 Å². The van der Waals surface area contributed by atoms with Gasteiger partial charge in [0.25, 0.3) is 0 Å². The molecule has 0 saturated carbocycles. The molecular weight excluding hydrogens is 336 g/mol. The maximum Gasteiger partial charge on any atom is 0.229 e. The summed E-state index contributed by atoms with van der Waals surface area (Å²) in [5, 5.41) is 6.62. The number of para-hydroxylation sites is 1. The molecule has 1 aliphatic rings. The van der Waals surface area contributed by atoms with E-state index in [1.807, 2.05) is 55.5 Å². The zero-order valence-electron chi connectivity index (χ0n) is 15.5. The van der Waals surface area contributed by atoms with Crippen LogP contribution in [0.15, 0.2) is 48.5 Å². The van der Waals surface area contributed by atoms with Gasteiger partial charge in [-0.25, -0.2) is 4.98 Å². The number of rotatable bonds is 4. The SMILES string of the molecule is Cc1ccc(Nc2nc3c(c(Nc4ccccc4C)n2)C(=O)CCC3)cc1. The van der Waals surface area contributed by atoms with Crippen molar-refractivity contribution in [1.82, 2.24) is 9.97 Å². The number of ketones is 1. The molecule has 0 fully saturated rings. The van der Waals surface area contributed by atoms with Crippen molar-refractivity contribution >= 4 is 28.9 Å². The van der Waals surface area contributed by atoms with Crippen molar-refractivity contribution in [3.8, 4) is 0 Å². The van der Waals surface area contributed by atoms with Crippen molar-refractivity contribution < 1.29 is 4.79 Å². The standard InChI is InChI=1S/C22H22N4O/c1-14-10-12-16(13-11-14)23-22-25-18-8-5-9-19(27)20(18)21(26-22)24-17-7-4-3-6-15(17)2/h3-4,6-7,10-13H,5,8-9H2,1-2H3,(H2,23,24,25,26). The van der Waals surface area contributed by atoms with Gasteiger partial charge in [-0.05, 0) is 50.5 Å². The summed E-state index contributed by atoms with van der Waals surface area (Å²) in [5.41, 5.74) is 5.59. The summed E-state index contributed by atoms with van der Waals surface area (Å²) in [6.07, 6.45) is 2.16. The molecule has 1 heterocycles. The second-order valence-corrected chi connectivity index (χ2v) is 6.93. The van der Waals surface area contributed by atoms with Crippen LogP contribution in [-0.4, -0.2) is 15.8 Å². The number of hydrogen-bond acceptors (Lipinski definition) is 5. The number of fused-ring (bicyclic) bond motifs is 1. The highest BCUT2D eigenvalue weighted by atomic mass is 16.1. The summed E-state index contributed by atoms with van der Waals surface area (Å²) in [4.78, 5) is 21.8. The summed E-state index contributed by atoms with van der Waals surface area (Å²) in [6.45, 7) is 4.08. The third-order valence-electron chi connectivity index (χ3n) is 4.79. The Hall–Kier alpha value is -3.21. The maximum atomic E-state index is 12.5. The van der Waals surface area contributed by atoms with Crippen LogP contribution in [0.5, 0.6) is 0 Å². The van der Waals surface area contributed by atoms with E-state index < -0.39 is 0 Å². The second kappa shape index (κ2) is 7.19. The van der Waals surface area contributed by atoms with Crippen molar-refractivity contribution in [1.29, 1.82) is 0 Å². The molecule has 5 nitrogen and oxygen atoms in total. The summed E-state index contributed by atoms with van der Waals surface area (Å²) in [5.74, 6) is 1.19. The molecule has 0 amide bonds. The van der Waals surface area contributed by atoms with Gasteiger partial charge in [0, 0.05) is 17.8 Å². The minimum atomic E-state index is 0.106. The van der Waals surface area contributed by atoms with E-state index in [9.17, 15) is 4.79 Å². The molecule has 0 unspecified atom stereocenters. The van der Waals surface area contributed by atoms with Gasteiger partial charge in [-0.2, -0.15) is 4.98 Å². The maximum absolute atomic E-state index is 12.5. The lowest BCUT2D eigenvalue weighted by atomic mass is 9.95. The molecule has 27 heavy (non-hydrogen) atoms. The van der Waals surface area contributed by atoms with Gasteiger partial charge in [-0.15, -0.1) is 0 Å². The van der Waals surface area contributed by atoms with Crippen LogP contribution in [0.2, 0.25) is 0 Å². The minimum Gasteiger partial charge on any atom is -0.339 e. The predicted molar refractivity (Wildman–Crippen MR) is 108 cm³/mol. The lowest BCUT2D eigenvalue weighted by Crippen LogP contribution is -2.18. The number of Topliss-reactive ketones (excluding diaryl/α,β-unsaturated/α-hetero) is 1. The third kappa shape index (κ3) is 3.67. The minimum absolute atomic E-state index is 0.106. The average molecular weight is 358 g/mol. The van der Waals surface area contributed by atoms with Gasteiger partial charge in [0.05, 0.1) is 11.3 Å². The molecule has 4 rings (SSSR count). The van der Waals surface area contributed by atoms with Gasteiger partial charge in [0.2, 0.25) is 5.95 Å². The van der Waals surface area contributed by atoms with Crippen LogP contribution in [0.4, 0.5) is 23.1 Å². The Kier molecular flexibility index (Phi) is 4.59. The molecular formula is C22H22N4O. The van der Waals surface area contributed by atoms with E-state index in [0.717, 1.165) is 35.5 Å². The first kappa shape index (κ1) is 17.2. The Bertz CT molecular complexity index is 996. The lowest BCUT2D eigenvalue weighted by Gasteiger charge is -2.20. The Labute approximate surface area is 158 Å². The second-order valence-electron chi connectivity index (χ2n) is 6.93. The van der Waals surface area contributed by atoms with Crippen molar-refractivity contribution in [2.75, 3.05) is 10.6 Å². The first-order valence-electron chi connectivity index (χ1n) is 9.20. The number of aromatic nitrogens is 2. The van der Waals surface area contributed by atoms with Gasteiger partial charge < -0.3 is 10.6 Å². The first-order valence-corrected chi connectivity index (χ1v) is 9.20. The van der Waals surface area contributed by atoms with Gasteiger partial charge in [0.15, 0.2) is 5.78 Å². The number of hydrogen-bond donors (Lipinski definition) is 2. The molecule has 136 valence electrons. The Morgan fingerprint density at radius 3 is 2.44 bits per heavy atom. The molecule has 0 atom stereocenters. The normalized spacial score (nSPS) is 13.2. The van der Waals surface area contributed by atoms with E-state index >= 15 is 0 Å². The third-order valence-corrected chi connectivity index (χ3v) is 4.79. The summed E-state index contributed by atoms with van der Waals surface area (Å²) >= 11 is 0. The fraction of sp³-hybridized carbons (Fsp3) is 0.227. The Balaban J connectivity index is 1.74. The van der Waals surface area contributed by atoms with Crippen LogP contribution in [0.25, 0.3) is 0 Å². The molecule has 0 bridgehead atoms. The topological polar surface area (TPSA) is 66.9 Å². The number of carbonyl (C=O) groups is 1. The fourth-order valence-corrected chi connectivity index (χ4v) is 3.28. The molecule has 1 aliphatic carbocycles. The fourth-order valence-electron chi connectivity index (χ4n) is 3.28. The van der Waals surface area contributed by atoms with Gasteiger partial charge in [-0.1, -0.05) is 35.9 Å². The number of carbonyl (C=O) groups excluding carboxylic acids is 1. The number of nitrogens with one attached hydrogen (secondary N) is 2. The molecule has 0 aliphatic heterocycles. The average Bonchev–Trinajstić information content (AvgIpc) is 2.65. The summed E-state index contributed by atoms with van der Waals surface area (Å²) in [6, 6.07) is 16.1. The number of anilines is 4. The number of benzene rings is 2. The molecule has 0 radical (unpaired) electrons. The molecule has 3 aromatic rings. The van der Waals surface area contributed by atoms with Crippen LogP contribution in [0, 0.1) is 13.8 Å². The van der Waals surface area contributed by atoms with E-state index in [4.69, 9.17) is 0 Å². The van der Waals surface area contributed by atoms with Crippen LogP contribution in [0.3, 0.4) is 0 Å². The van der Waals surface area contributed by atoms with Crippen LogP contribution >= 0.6 is 0 Å². The molecule has 2 N–H and O–H groups in total. The van der Waals surface area contributed by atoms with E-state index in [2.05, 4.69) is 27.5 Å². The van der Waals surface area contributed by atoms with E-state index in [1.165, 1.54) is 5.56 Å². The molecule has 0 saturated heterocycles. The highest BCUT2D eigenvalue weighted by molar-refractivity contribution is 6.03. The van der Waals surface area contributed by atoms with Crippen LogP contribution < -0.4 is 10.6 Å². The zero-order valence-corrected chi connectivity index (χ0v) is 15.5. The molecule has 2 aromatic carbocycles. The van der Waals surface area contributed by atoms with Gasteiger partial charge in [0.1, 0.15) is 5.82 Å². The molecule has 1 aromatic heterocycles. The largest absolute Gasteiger partial charge is 0.339 e. The summed E-state index contributed by atoms with van der Waals surface area (Å²) in [7, 11) is 0. The lowest BCUT2D eigenvalue weighted by molar-refractivity contribution is 0.0972. The quantitative estimate of drug-likeness (QED) is 0.679. The predicted octanol–water partition coefficient (Wildman–Crippen LogP) is 5.10. The van der Waals surface area contributed by atoms with Crippen LogP contribution in [-0.2, 0) is 6.42 Å². The Morgan fingerprint density at radius 1 is 0.889 bits per heavy atom. The molecule has 5 heteroatoms. The van der Waals surface area contributed by atoms with Gasteiger partial charge in [-0.3, -0.25) is 4.79 Å². The van der Waals surface area contributed by atoms with Gasteiger partial charge >= 0.3 is 0 Å². The van der Waals surface area contributed by atoms with Crippen molar-refractivity contribution in [2.24, 2.45) is 0 Å².